The number of hydrogen-bond donors (Lipinski definition) is 1. The second-order valence-electron chi connectivity index (χ2n) is 6.73. The molecular weight excluding hydrogens is 330 g/mol. The van der Waals surface area contributed by atoms with Crippen molar-refractivity contribution < 1.29 is 4.74 Å². The highest BCUT2D eigenvalue weighted by Gasteiger charge is 2.23. The van der Waals surface area contributed by atoms with Gasteiger partial charge in [0.05, 0.1) is 11.9 Å². The van der Waals surface area contributed by atoms with Gasteiger partial charge in [-0.2, -0.15) is 5.10 Å². The van der Waals surface area contributed by atoms with Crippen LogP contribution in [0, 0.1) is 13.8 Å². The highest BCUT2D eigenvalue weighted by atomic mass is 16.5. The molecule has 0 bridgehead atoms. The molecule has 0 saturated carbocycles. The molecule has 7 heteroatoms. The Morgan fingerprint density at radius 2 is 1.88 bits per heavy atom. The number of aromatic nitrogens is 5. The molecule has 1 fully saturated rings. The van der Waals surface area contributed by atoms with Crippen LogP contribution in [0.15, 0.2) is 35.4 Å². The molecule has 26 heavy (non-hydrogen) atoms. The summed E-state index contributed by atoms with van der Waals surface area (Å²) in [4.78, 5) is 23.1. The standard InChI is InChI=1S/C19H21N5O2/c1-12-7-13(2)9-15(8-12)24-19(16-10-21-17(25)11-20-16)22-18(23-24)14-3-5-26-6-4-14/h7-11,14H,3-6H2,1-2H3,(H,21,25). The minimum absolute atomic E-state index is 0.240. The van der Waals surface area contributed by atoms with Crippen LogP contribution >= 0.6 is 0 Å². The van der Waals surface area contributed by atoms with Gasteiger partial charge in [0.1, 0.15) is 5.69 Å². The summed E-state index contributed by atoms with van der Waals surface area (Å²) < 4.78 is 7.28. The molecule has 1 aliphatic heterocycles. The van der Waals surface area contributed by atoms with Crippen LogP contribution in [0.25, 0.3) is 17.2 Å². The van der Waals surface area contributed by atoms with Crippen molar-refractivity contribution in [2.75, 3.05) is 13.2 Å². The molecule has 2 aromatic heterocycles. The van der Waals surface area contributed by atoms with Gasteiger partial charge < -0.3 is 9.72 Å². The molecule has 0 spiro atoms. The van der Waals surface area contributed by atoms with Gasteiger partial charge in [0.2, 0.25) is 0 Å². The number of H-pyrrole nitrogens is 1. The van der Waals surface area contributed by atoms with Crippen molar-refractivity contribution in [1.82, 2.24) is 24.7 Å². The molecule has 1 saturated heterocycles. The van der Waals surface area contributed by atoms with Gasteiger partial charge in [0, 0.05) is 25.3 Å². The minimum atomic E-state index is -0.240. The Bertz CT molecular complexity index is 945. The first kappa shape index (κ1) is 16.7. The summed E-state index contributed by atoms with van der Waals surface area (Å²) >= 11 is 0. The van der Waals surface area contributed by atoms with Gasteiger partial charge >= 0.3 is 0 Å². The van der Waals surface area contributed by atoms with E-state index >= 15 is 0 Å². The molecule has 0 amide bonds. The zero-order valence-electron chi connectivity index (χ0n) is 14.9. The zero-order chi connectivity index (χ0) is 18.1. The Hall–Kier alpha value is -2.80. The van der Waals surface area contributed by atoms with Gasteiger partial charge in [-0.15, -0.1) is 0 Å². The Kier molecular flexibility index (Phi) is 4.38. The molecule has 3 heterocycles. The van der Waals surface area contributed by atoms with Crippen molar-refractivity contribution in [2.24, 2.45) is 0 Å². The van der Waals surface area contributed by atoms with Gasteiger partial charge in [-0.1, -0.05) is 6.07 Å². The summed E-state index contributed by atoms with van der Waals surface area (Å²) in [5, 5.41) is 4.80. The Morgan fingerprint density at radius 3 is 2.54 bits per heavy atom. The number of nitrogens with one attached hydrogen (secondary N) is 1. The summed E-state index contributed by atoms with van der Waals surface area (Å²) in [6, 6.07) is 6.27. The summed E-state index contributed by atoms with van der Waals surface area (Å²) in [6.07, 6.45) is 4.67. The van der Waals surface area contributed by atoms with Crippen LogP contribution in [0.2, 0.25) is 0 Å². The number of aryl methyl sites for hydroxylation is 2. The Morgan fingerprint density at radius 1 is 1.15 bits per heavy atom. The number of nitrogens with zero attached hydrogens (tertiary/aromatic N) is 4. The second-order valence-corrected chi connectivity index (χ2v) is 6.73. The highest BCUT2D eigenvalue weighted by Crippen LogP contribution is 2.28. The fraction of sp³-hybridized carbons (Fsp3) is 0.368. The Labute approximate surface area is 151 Å². The summed E-state index contributed by atoms with van der Waals surface area (Å²) in [5.74, 6) is 1.71. The van der Waals surface area contributed by atoms with Crippen LogP contribution in [-0.4, -0.2) is 37.9 Å². The quantitative estimate of drug-likeness (QED) is 0.784. The third kappa shape index (κ3) is 3.30. The maximum Gasteiger partial charge on any atom is 0.266 e. The van der Waals surface area contributed by atoms with Gasteiger partial charge in [-0.25, -0.2) is 14.6 Å². The predicted molar refractivity (Wildman–Crippen MR) is 97.5 cm³/mol. The first-order chi connectivity index (χ1) is 12.6. The molecule has 7 nitrogen and oxygen atoms in total. The zero-order valence-corrected chi connectivity index (χ0v) is 14.9. The maximum absolute atomic E-state index is 11.4. The predicted octanol–water partition coefficient (Wildman–Crippen LogP) is 2.53. The maximum atomic E-state index is 11.4. The molecule has 1 aliphatic rings. The summed E-state index contributed by atoms with van der Waals surface area (Å²) in [5.41, 5.74) is 3.61. The van der Waals surface area contributed by atoms with E-state index in [-0.39, 0.29) is 11.5 Å². The van der Waals surface area contributed by atoms with Gasteiger partial charge in [0.15, 0.2) is 11.6 Å². The Balaban J connectivity index is 1.85. The van der Waals surface area contributed by atoms with E-state index in [0.29, 0.717) is 11.5 Å². The molecule has 1 aromatic carbocycles. The van der Waals surface area contributed by atoms with Crippen LogP contribution in [-0.2, 0) is 4.74 Å². The van der Waals surface area contributed by atoms with E-state index in [1.807, 2.05) is 4.68 Å². The molecule has 0 radical (unpaired) electrons. The summed E-state index contributed by atoms with van der Waals surface area (Å²) in [6.45, 7) is 5.58. The van der Waals surface area contributed by atoms with Crippen molar-refractivity contribution in [3.63, 3.8) is 0 Å². The number of aromatic amines is 1. The van der Waals surface area contributed by atoms with Crippen LogP contribution in [0.1, 0.15) is 35.7 Å². The van der Waals surface area contributed by atoms with E-state index in [1.54, 1.807) is 6.20 Å². The third-order valence-electron chi connectivity index (χ3n) is 4.56. The van der Waals surface area contributed by atoms with Crippen LogP contribution < -0.4 is 5.56 Å². The average molecular weight is 351 g/mol. The molecule has 0 aliphatic carbocycles. The van der Waals surface area contributed by atoms with E-state index in [1.165, 1.54) is 6.20 Å². The molecule has 4 rings (SSSR count). The van der Waals surface area contributed by atoms with Crippen molar-refractivity contribution in [2.45, 2.75) is 32.6 Å². The first-order valence-corrected chi connectivity index (χ1v) is 8.78. The fourth-order valence-electron chi connectivity index (χ4n) is 3.34. The number of hydrogen-bond acceptors (Lipinski definition) is 5. The fourth-order valence-corrected chi connectivity index (χ4v) is 3.34. The lowest BCUT2D eigenvalue weighted by Gasteiger charge is -2.18. The normalized spacial score (nSPS) is 15.3. The largest absolute Gasteiger partial charge is 0.381 e. The van der Waals surface area contributed by atoms with E-state index in [4.69, 9.17) is 14.8 Å². The van der Waals surface area contributed by atoms with E-state index < -0.39 is 0 Å². The van der Waals surface area contributed by atoms with Crippen molar-refractivity contribution in [3.05, 3.63) is 57.9 Å². The lowest BCUT2D eigenvalue weighted by atomic mass is 10.00. The van der Waals surface area contributed by atoms with Gasteiger partial charge in [0.25, 0.3) is 5.56 Å². The van der Waals surface area contributed by atoms with Gasteiger partial charge in [-0.3, -0.25) is 4.79 Å². The lowest BCUT2D eigenvalue weighted by Crippen LogP contribution is -2.15. The van der Waals surface area contributed by atoms with Crippen molar-refractivity contribution >= 4 is 0 Å². The monoisotopic (exact) mass is 351 g/mol. The molecule has 1 N–H and O–H groups in total. The minimum Gasteiger partial charge on any atom is -0.381 e. The average Bonchev–Trinajstić information content (AvgIpc) is 3.08. The molecule has 3 aromatic rings. The van der Waals surface area contributed by atoms with E-state index in [2.05, 4.69) is 42.0 Å². The molecule has 134 valence electrons. The number of ether oxygens (including phenoxy) is 1. The van der Waals surface area contributed by atoms with Crippen LogP contribution in [0.3, 0.4) is 0 Å². The number of benzene rings is 1. The smallest absolute Gasteiger partial charge is 0.266 e. The van der Waals surface area contributed by atoms with Crippen molar-refractivity contribution in [1.29, 1.82) is 0 Å². The first-order valence-electron chi connectivity index (χ1n) is 8.78. The van der Waals surface area contributed by atoms with Crippen molar-refractivity contribution in [3.8, 4) is 17.2 Å². The highest BCUT2D eigenvalue weighted by molar-refractivity contribution is 5.53. The van der Waals surface area contributed by atoms with E-state index in [0.717, 1.165) is 48.7 Å². The molecular formula is C19H21N5O2. The topological polar surface area (TPSA) is 85.7 Å². The second kappa shape index (κ2) is 6.84. The van der Waals surface area contributed by atoms with Crippen LogP contribution in [0.4, 0.5) is 0 Å². The summed E-state index contributed by atoms with van der Waals surface area (Å²) in [7, 11) is 0. The van der Waals surface area contributed by atoms with Gasteiger partial charge in [-0.05, 0) is 49.9 Å². The number of rotatable bonds is 3. The molecule has 0 atom stereocenters. The third-order valence-corrected chi connectivity index (χ3v) is 4.56. The van der Waals surface area contributed by atoms with E-state index in [9.17, 15) is 4.79 Å². The lowest BCUT2D eigenvalue weighted by molar-refractivity contribution is 0.0836. The van der Waals surface area contributed by atoms with Crippen LogP contribution in [0.5, 0.6) is 0 Å². The molecule has 0 unspecified atom stereocenters. The SMILES string of the molecule is Cc1cc(C)cc(-n2nc(C3CCOCC3)nc2-c2c[nH]c(=O)cn2)c1.